The van der Waals surface area contributed by atoms with Crippen LogP contribution in [0.5, 0.6) is 0 Å². The van der Waals surface area contributed by atoms with Gasteiger partial charge in [0.1, 0.15) is 11.6 Å². The Kier molecular flexibility index (Phi) is 3.98. The van der Waals surface area contributed by atoms with Crippen molar-refractivity contribution in [3.05, 3.63) is 65.2 Å². The molecular weight excluding hydrogens is 264 g/mol. The molecule has 0 saturated carbocycles. The monoisotopic (exact) mass is 277 g/mol. The topological polar surface area (TPSA) is 49.3 Å². The van der Waals surface area contributed by atoms with Crippen LogP contribution in [0.3, 0.4) is 0 Å². The maximum atomic E-state index is 13.5. The first-order valence-electron chi connectivity index (χ1n) is 5.99. The number of aliphatic carboxylic acids is 1. The molecule has 2 aromatic carbocycles. The maximum Gasteiger partial charge on any atom is 0.330 e. The van der Waals surface area contributed by atoms with E-state index in [-0.39, 0.29) is 11.3 Å². The van der Waals surface area contributed by atoms with Crippen LogP contribution in [0.25, 0.3) is 0 Å². The summed E-state index contributed by atoms with van der Waals surface area (Å²) >= 11 is 0. The van der Waals surface area contributed by atoms with Gasteiger partial charge in [0, 0.05) is 0 Å². The van der Waals surface area contributed by atoms with E-state index in [1.54, 1.807) is 13.0 Å². The summed E-state index contributed by atoms with van der Waals surface area (Å²) in [6, 6.07) is 8.65. The summed E-state index contributed by atoms with van der Waals surface area (Å²) in [5.41, 5.74) is 0.702. The van der Waals surface area contributed by atoms with Crippen molar-refractivity contribution in [2.24, 2.45) is 0 Å². The van der Waals surface area contributed by atoms with Crippen molar-refractivity contribution in [1.29, 1.82) is 0 Å². The van der Waals surface area contributed by atoms with Crippen LogP contribution in [0.1, 0.15) is 17.2 Å². The van der Waals surface area contributed by atoms with Gasteiger partial charge in [-0.1, -0.05) is 24.3 Å². The van der Waals surface area contributed by atoms with Gasteiger partial charge in [-0.05, 0) is 36.2 Å². The van der Waals surface area contributed by atoms with E-state index in [2.05, 4.69) is 5.32 Å². The van der Waals surface area contributed by atoms with Gasteiger partial charge >= 0.3 is 5.97 Å². The molecule has 2 N–H and O–H groups in total. The largest absolute Gasteiger partial charge is 0.479 e. The van der Waals surface area contributed by atoms with Crippen molar-refractivity contribution in [1.82, 2.24) is 0 Å². The van der Waals surface area contributed by atoms with Crippen LogP contribution in [-0.2, 0) is 4.79 Å². The van der Waals surface area contributed by atoms with Crippen molar-refractivity contribution in [3.8, 4) is 0 Å². The minimum absolute atomic E-state index is 0.0564. The van der Waals surface area contributed by atoms with Crippen molar-refractivity contribution in [2.45, 2.75) is 13.0 Å². The Hall–Kier alpha value is -2.43. The summed E-state index contributed by atoms with van der Waals surface area (Å²) in [5, 5.41) is 11.8. The molecule has 5 heteroatoms. The third kappa shape index (κ3) is 2.93. The molecule has 0 heterocycles. The third-order valence-corrected chi connectivity index (χ3v) is 2.95. The minimum Gasteiger partial charge on any atom is -0.479 e. The molecule has 0 spiro atoms. The van der Waals surface area contributed by atoms with Crippen LogP contribution < -0.4 is 5.32 Å². The summed E-state index contributed by atoms with van der Waals surface area (Å²) in [6.45, 7) is 1.58. The molecule has 1 unspecified atom stereocenters. The Morgan fingerprint density at radius 1 is 1.15 bits per heavy atom. The second kappa shape index (κ2) is 5.69. The highest BCUT2D eigenvalue weighted by Gasteiger charge is 2.21. The van der Waals surface area contributed by atoms with E-state index < -0.39 is 23.6 Å². The summed E-state index contributed by atoms with van der Waals surface area (Å²) < 4.78 is 27.1. The average Bonchev–Trinajstić information content (AvgIpc) is 2.41. The van der Waals surface area contributed by atoms with Gasteiger partial charge < -0.3 is 10.4 Å². The van der Waals surface area contributed by atoms with Gasteiger partial charge in [-0.25, -0.2) is 13.6 Å². The molecule has 0 aliphatic heterocycles. The quantitative estimate of drug-likeness (QED) is 0.899. The molecule has 104 valence electrons. The van der Waals surface area contributed by atoms with Crippen LogP contribution >= 0.6 is 0 Å². The Morgan fingerprint density at radius 2 is 1.85 bits per heavy atom. The van der Waals surface area contributed by atoms with Gasteiger partial charge in [-0.3, -0.25) is 0 Å². The van der Waals surface area contributed by atoms with E-state index >= 15 is 0 Å². The second-order valence-corrected chi connectivity index (χ2v) is 4.40. The lowest BCUT2D eigenvalue weighted by Gasteiger charge is -2.17. The molecule has 0 saturated heterocycles. The van der Waals surface area contributed by atoms with Crippen LogP contribution in [0, 0.1) is 18.6 Å². The zero-order valence-electron chi connectivity index (χ0n) is 10.7. The number of nitrogens with one attached hydrogen (secondary N) is 1. The lowest BCUT2D eigenvalue weighted by Crippen LogP contribution is -2.21. The van der Waals surface area contributed by atoms with E-state index in [0.717, 1.165) is 6.07 Å². The molecule has 0 bridgehead atoms. The van der Waals surface area contributed by atoms with E-state index in [1.807, 2.05) is 0 Å². The lowest BCUT2D eigenvalue weighted by molar-refractivity contribution is -0.138. The van der Waals surface area contributed by atoms with Crippen LogP contribution in [0.15, 0.2) is 42.5 Å². The van der Waals surface area contributed by atoms with Crippen molar-refractivity contribution in [2.75, 3.05) is 5.32 Å². The van der Waals surface area contributed by atoms with Crippen LogP contribution in [0.4, 0.5) is 14.5 Å². The fraction of sp³-hybridized carbons (Fsp3) is 0.133. The zero-order valence-corrected chi connectivity index (χ0v) is 10.7. The molecular formula is C15H13F2NO2. The molecule has 0 fully saturated rings. The van der Waals surface area contributed by atoms with Crippen molar-refractivity contribution >= 4 is 11.7 Å². The molecule has 0 aliphatic carbocycles. The van der Waals surface area contributed by atoms with E-state index in [4.69, 9.17) is 0 Å². The molecule has 0 aliphatic rings. The minimum atomic E-state index is -1.22. The normalized spacial score (nSPS) is 11.9. The number of halogens is 2. The number of para-hydroxylation sites is 1. The summed E-state index contributed by atoms with van der Waals surface area (Å²) in [5.74, 6) is -2.27. The highest BCUT2D eigenvalue weighted by atomic mass is 19.1. The first kappa shape index (κ1) is 14.0. The van der Waals surface area contributed by atoms with Gasteiger partial charge in [-0.2, -0.15) is 0 Å². The molecule has 0 aromatic heterocycles. The van der Waals surface area contributed by atoms with E-state index in [0.29, 0.717) is 5.56 Å². The number of benzene rings is 2. The van der Waals surface area contributed by atoms with Gasteiger partial charge in [-0.15, -0.1) is 0 Å². The third-order valence-electron chi connectivity index (χ3n) is 2.95. The number of anilines is 1. The first-order chi connectivity index (χ1) is 9.49. The number of carboxylic acid groups (broad SMARTS) is 1. The number of carbonyl (C=O) groups is 1. The smallest absolute Gasteiger partial charge is 0.330 e. The summed E-state index contributed by atoms with van der Waals surface area (Å²) in [4.78, 5) is 11.3. The van der Waals surface area contributed by atoms with E-state index in [9.17, 15) is 18.7 Å². The first-order valence-corrected chi connectivity index (χ1v) is 5.99. The number of rotatable bonds is 4. The molecule has 20 heavy (non-hydrogen) atoms. The van der Waals surface area contributed by atoms with Gasteiger partial charge in [0.25, 0.3) is 0 Å². The standard InChI is InChI=1S/C15H13F2NO2/c1-9-6-7-10(8-12(9)17)14(15(19)20)18-13-5-3-2-4-11(13)16/h2-8,14,18H,1H3,(H,19,20). The molecule has 2 rings (SSSR count). The average molecular weight is 277 g/mol. The van der Waals surface area contributed by atoms with Crippen molar-refractivity contribution < 1.29 is 18.7 Å². The Morgan fingerprint density at radius 3 is 2.45 bits per heavy atom. The van der Waals surface area contributed by atoms with Crippen molar-refractivity contribution in [3.63, 3.8) is 0 Å². The fourth-order valence-electron chi connectivity index (χ4n) is 1.81. The number of hydrogen-bond donors (Lipinski definition) is 2. The molecule has 1 atom stereocenters. The Balaban J connectivity index is 2.34. The number of hydrogen-bond acceptors (Lipinski definition) is 2. The predicted molar refractivity (Wildman–Crippen MR) is 71.5 cm³/mol. The zero-order chi connectivity index (χ0) is 14.7. The van der Waals surface area contributed by atoms with Crippen LogP contribution in [-0.4, -0.2) is 11.1 Å². The molecule has 3 nitrogen and oxygen atoms in total. The molecule has 0 radical (unpaired) electrons. The second-order valence-electron chi connectivity index (χ2n) is 4.40. The highest BCUT2D eigenvalue weighted by Crippen LogP contribution is 2.23. The highest BCUT2D eigenvalue weighted by molar-refractivity contribution is 5.79. The predicted octanol–water partition coefficient (Wildman–Crippen LogP) is 3.51. The number of aryl methyl sites for hydroxylation is 1. The SMILES string of the molecule is Cc1ccc(C(Nc2ccccc2F)C(=O)O)cc1F. The van der Waals surface area contributed by atoms with Gasteiger partial charge in [0.2, 0.25) is 0 Å². The molecule has 0 amide bonds. The van der Waals surface area contributed by atoms with Gasteiger partial charge in [0.15, 0.2) is 6.04 Å². The number of carboxylic acids is 1. The molecule has 2 aromatic rings. The summed E-state index contributed by atoms with van der Waals surface area (Å²) in [7, 11) is 0. The van der Waals surface area contributed by atoms with Gasteiger partial charge in [0.05, 0.1) is 5.69 Å². The maximum absolute atomic E-state index is 13.5. The van der Waals surface area contributed by atoms with E-state index in [1.165, 1.54) is 30.3 Å². The summed E-state index contributed by atoms with van der Waals surface area (Å²) in [6.07, 6.45) is 0. The lowest BCUT2D eigenvalue weighted by atomic mass is 10.0. The Labute approximate surface area is 114 Å². The Bertz CT molecular complexity index is 644. The van der Waals surface area contributed by atoms with Crippen LogP contribution in [0.2, 0.25) is 0 Å². The fourth-order valence-corrected chi connectivity index (χ4v) is 1.81.